The Morgan fingerprint density at radius 1 is 1.45 bits per heavy atom. The lowest BCUT2D eigenvalue weighted by Gasteiger charge is -2.26. The van der Waals surface area contributed by atoms with Gasteiger partial charge in [-0.3, -0.25) is 9.67 Å². The molecule has 108 valence electrons. The highest BCUT2D eigenvalue weighted by Gasteiger charge is 2.31. The van der Waals surface area contributed by atoms with E-state index in [1.807, 2.05) is 20.9 Å². The van der Waals surface area contributed by atoms with Crippen LogP contribution in [0.25, 0.3) is 0 Å². The van der Waals surface area contributed by atoms with Crippen molar-refractivity contribution in [2.45, 2.75) is 32.3 Å². The Morgan fingerprint density at radius 3 is 2.60 bits per heavy atom. The van der Waals surface area contributed by atoms with Crippen LogP contribution >= 0.6 is 15.9 Å². The van der Waals surface area contributed by atoms with E-state index in [0.717, 1.165) is 22.1 Å². The number of aromatic nitrogens is 3. The van der Waals surface area contributed by atoms with E-state index < -0.39 is 11.4 Å². The Labute approximate surface area is 125 Å². The highest BCUT2D eigenvalue weighted by atomic mass is 79.9. The monoisotopic (exact) mass is 341 g/mol. The summed E-state index contributed by atoms with van der Waals surface area (Å²) >= 11 is 3.49. The maximum absolute atomic E-state index is 13.0. The van der Waals surface area contributed by atoms with Crippen molar-refractivity contribution in [3.05, 3.63) is 45.7 Å². The Hall–Kier alpha value is -1.27. The minimum absolute atomic E-state index is 0.361. The van der Waals surface area contributed by atoms with Crippen LogP contribution in [-0.2, 0) is 19.1 Å². The SMILES string of the molecule is CCC(O)(Cc1c(Br)c(C)nn1C)c1ccc(F)cn1. The molecule has 0 bridgehead atoms. The molecule has 2 rings (SSSR count). The number of hydrogen-bond acceptors (Lipinski definition) is 3. The van der Waals surface area contributed by atoms with E-state index in [0.29, 0.717) is 18.5 Å². The minimum atomic E-state index is -1.14. The van der Waals surface area contributed by atoms with Crippen LogP contribution in [0.2, 0.25) is 0 Å². The summed E-state index contributed by atoms with van der Waals surface area (Å²) in [6.07, 6.45) is 1.96. The number of nitrogens with zero attached hydrogens (tertiary/aromatic N) is 3. The number of pyridine rings is 1. The van der Waals surface area contributed by atoms with Gasteiger partial charge in [0.2, 0.25) is 0 Å². The topological polar surface area (TPSA) is 50.9 Å². The summed E-state index contributed by atoms with van der Waals surface area (Å²) in [7, 11) is 1.83. The summed E-state index contributed by atoms with van der Waals surface area (Å²) in [5.41, 5.74) is 1.08. The van der Waals surface area contributed by atoms with Crippen molar-refractivity contribution < 1.29 is 9.50 Å². The third-order valence-electron chi connectivity index (χ3n) is 3.51. The van der Waals surface area contributed by atoms with E-state index in [4.69, 9.17) is 0 Å². The Bertz CT molecular complexity index is 612. The van der Waals surface area contributed by atoms with Gasteiger partial charge in [0.25, 0.3) is 0 Å². The molecule has 2 aromatic rings. The maximum Gasteiger partial charge on any atom is 0.141 e. The van der Waals surface area contributed by atoms with Gasteiger partial charge < -0.3 is 5.11 Å². The van der Waals surface area contributed by atoms with Gasteiger partial charge in [-0.25, -0.2) is 4.39 Å². The first-order chi connectivity index (χ1) is 9.37. The molecule has 2 aromatic heterocycles. The molecule has 0 spiro atoms. The molecule has 0 saturated carbocycles. The average molecular weight is 342 g/mol. The third kappa shape index (κ3) is 2.76. The summed E-state index contributed by atoms with van der Waals surface area (Å²) in [6, 6.07) is 2.84. The lowest BCUT2D eigenvalue weighted by Crippen LogP contribution is -2.30. The smallest absolute Gasteiger partial charge is 0.141 e. The first-order valence-corrected chi connectivity index (χ1v) is 7.19. The number of aliphatic hydroxyl groups is 1. The summed E-state index contributed by atoms with van der Waals surface area (Å²) in [5, 5.41) is 15.2. The van der Waals surface area contributed by atoms with Crippen LogP contribution in [0.15, 0.2) is 22.8 Å². The first kappa shape index (κ1) is 15.1. The number of rotatable bonds is 4. The molecular formula is C14H17BrFN3O. The molecule has 4 nitrogen and oxygen atoms in total. The van der Waals surface area contributed by atoms with Gasteiger partial charge in [0.1, 0.15) is 11.4 Å². The highest BCUT2D eigenvalue weighted by molar-refractivity contribution is 9.10. The molecule has 20 heavy (non-hydrogen) atoms. The van der Waals surface area contributed by atoms with E-state index in [-0.39, 0.29) is 0 Å². The van der Waals surface area contributed by atoms with Crippen LogP contribution < -0.4 is 0 Å². The number of aryl methyl sites for hydroxylation is 2. The quantitative estimate of drug-likeness (QED) is 0.930. The molecule has 0 saturated heterocycles. The van der Waals surface area contributed by atoms with E-state index >= 15 is 0 Å². The largest absolute Gasteiger partial charge is 0.383 e. The fourth-order valence-corrected chi connectivity index (χ4v) is 2.67. The summed E-state index contributed by atoms with van der Waals surface area (Å²) in [4.78, 5) is 4.01. The molecule has 6 heteroatoms. The van der Waals surface area contributed by atoms with E-state index in [2.05, 4.69) is 26.0 Å². The molecule has 0 amide bonds. The summed E-state index contributed by atoms with van der Waals surface area (Å²) < 4.78 is 15.6. The van der Waals surface area contributed by atoms with Gasteiger partial charge in [-0.2, -0.15) is 5.10 Å². The molecule has 2 heterocycles. The van der Waals surface area contributed by atoms with Gasteiger partial charge in [-0.05, 0) is 41.4 Å². The van der Waals surface area contributed by atoms with Crippen LogP contribution in [0.4, 0.5) is 4.39 Å². The predicted octanol–water partition coefficient (Wildman–Crippen LogP) is 2.87. The van der Waals surface area contributed by atoms with Crippen molar-refractivity contribution in [2.75, 3.05) is 0 Å². The van der Waals surface area contributed by atoms with Crippen LogP contribution in [0, 0.1) is 12.7 Å². The summed E-state index contributed by atoms with van der Waals surface area (Å²) in [5.74, 6) is -0.412. The van der Waals surface area contributed by atoms with Crippen molar-refractivity contribution in [2.24, 2.45) is 7.05 Å². The van der Waals surface area contributed by atoms with Gasteiger partial charge in [0, 0.05) is 13.5 Å². The summed E-state index contributed by atoms with van der Waals surface area (Å²) in [6.45, 7) is 3.77. The first-order valence-electron chi connectivity index (χ1n) is 6.39. The molecule has 0 aliphatic rings. The van der Waals surface area contributed by atoms with Crippen molar-refractivity contribution >= 4 is 15.9 Å². The average Bonchev–Trinajstić information content (AvgIpc) is 2.66. The van der Waals surface area contributed by atoms with Crippen molar-refractivity contribution in [3.63, 3.8) is 0 Å². The van der Waals surface area contributed by atoms with E-state index in [9.17, 15) is 9.50 Å². The van der Waals surface area contributed by atoms with Gasteiger partial charge >= 0.3 is 0 Å². The highest BCUT2D eigenvalue weighted by Crippen LogP contribution is 2.31. The molecular weight excluding hydrogens is 325 g/mol. The second-order valence-electron chi connectivity index (χ2n) is 4.89. The zero-order chi connectivity index (χ0) is 14.9. The van der Waals surface area contributed by atoms with Gasteiger partial charge in [0.15, 0.2) is 0 Å². The Morgan fingerprint density at radius 2 is 2.15 bits per heavy atom. The molecule has 1 unspecified atom stereocenters. The van der Waals surface area contributed by atoms with Gasteiger partial charge in [0.05, 0.1) is 27.8 Å². The van der Waals surface area contributed by atoms with Crippen molar-refractivity contribution in [1.82, 2.24) is 14.8 Å². The molecule has 0 aliphatic carbocycles. The molecule has 0 aromatic carbocycles. The molecule has 0 fully saturated rings. The molecule has 1 atom stereocenters. The zero-order valence-electron chi connectivity index (χ0n) is 11.7. The maximum atomic E-state index is 13.0. The fraction of sp³-hybridized carbons (Fsp3) is 0.429. The lowest BCUT2D eigenvalue weighted by atomic mass is 9.90. The lowest BCUT2D eigenvalue weighted by molar-refractivity contribution is 0.0262. The standard InChI is InChI=1S/C14H17BrFN3O/c1-4-14(20,12-6-5-10(16)8-17-12)7-11-13(15)9(2)18-19(11)3/h5-6,8,20H,4,7H2,1-3H3. The van der Waals surface area contributed by atoms with Crippen LogP contribution in [0.5, 0.6) is 0 Å². The van der Waals surface area contributed by atoms with Gasteiger partial charge in [-0.15, -0.1) is 0 Å². The third-order valence-corrected chi connectivity index (χ3v) is 4.54. The van der Waals surface area contributed by atoms with Crippen molar-refractivity contribution in [1.29, 1.82) is 0 Å². The second kappa shape index (κ2) is 5.61. The zero-order valence-corrected chi connectivity index (χ0v) is 13.3. The molecule has 0 radical (unpaired) electrons. The Balaban J connectivity index is 2.39. The van der Waals surface area contributed by atoms with Gasteiger partial charge in [-0.1, -0.05) is 6.92 Å². The normalized spacial score (nSPS) is 14.3. The van der Waals surface area contributed by atoms with E-state index in [1.54, 1.807) is 4.68 Å². The van der Waals surface area contributed by atoms with Crippen LogP contribution in [0.3, 0.4) is 0 Å². The predicted molar refractivity (Wildman–Crippen MR) is 77.7 cm³/mol. The number of hydrogen-bond donors (Lipinski definition) is 1. The number of halogens is 2. The van der Waals surface area contributed by atoms with Crippen LogP contribution in [0.1, 0.15) is 30.4 Å². The van der Waals surface area contributed by atoms with Crippen LogP contribution in [-0.4, -0.2) is 19.9 Å². The van der Waals surface area contributed by atoms with Crippen molar-refractivity contribution in [3.8, 4) is 0 Å². The second-order valence-corrected chi connectivity index (χ2v) is 5.69. The minimum Gasteiger partial charge on any atom is -0.383 e. The Kier molecular flexibility index (Phi) is 4.25. The fourth-order valence-electron chi connectivity index (χ4n) is 2.20. The van der Waals surface area contributed by atoms with E-state index in [1.165, 1.54) is 12.1 Å². The molecule has 0 aliphatic heterocycles. The molecule has 1 N–H and O–H groups in total.